The Morgan fingerprint density at radius 3 is 2.56 bits per heavy atom. The van der Waals surface area contributed by atoms with E-state index in [-0.39, 0.29) is 9.63 Å². The molecule has 0 amide bonds. The van der Waals surface area contributed by atoms with Crippen LogP contribution in [0.15, 0.2) is 9.63 Å². The summed E-state index contributed by atoms with van der Waals surface area (Å²) in [5, 5.41) is 7.59. The standard InChI is InChI=1S/C10H17BrN4O2S/c1-7(2)8-4-5-15(6-8)18(16,17)10-9(11)12-13-14(10)3/h7-8H,4-6H2,1-3H3. The van der Waals surface area contributed by atoms with E-state index in [2.05, 4.69) is 40.1 Å². The molecule has 102 valence electrons. The van der Waals surface area contributed by atoms with Crippen molar-refractivity contribution >= 4 is 26.0 Å². The first-order valence-electron chi connectivity index (χ1n) is 5.89. The van der Waals surface area contributed by atoms with Crippen molar-refractivity contribution in [2.75, 3.05) is 13.1 Å². The SMILES string of the molecule is CC(C)C1CCN(S(=O)(=O)c2c(Br)nnn2C)C1. The normalized spacial score (nSPS) is 21.9. The predicted molar refractivity (Wildman–Crippen MR) is 70.4 cm³/mol. The topological polar surface area (TPSA) is 68.1 Å². The van der Waals surface area contributed by atoms with Gasteiger partial charge in [-0.25, -0.2) is 13.1 Å². The number of halogens is 1. The maximum absolute atomic E-state index is 12.5. The van der Waals surface area contributed by atoms with E-state index < -0.39 is 10.0 Å². The Kier molecular flexibility index (Phi) is 3.80. The summed E-state index contributed by atoms with van der Waals surface area (Å²) in [6.45, 7) is 5.41. The summed E-state index contributed by atoms with van der Waals surface area (Å²) in [7, 11) is -1.91. The fourth-order valence-corrected chi connectivity index (χ4v) is 4.78. The smallest absolute Gasteiger partial charge is 0.235 e. The molecule has 1 aromatic rings. The van der Waals surface area contributed by atoms with Gasteiger partial charge in [0.1, 0.15) is 0 Å². The van der Waals surface area contributed by atoms with Crippen LogP contribution < -0.4 is 0 Å². The molecule has 0 radical (unpaired) electrons. The van der Waals surface area contributed by atoms with Gasteiger partial charge in [-0.15, -0.1) is 5.10 Å². The van der Waals surface area contributed by atoms with Crippen LogP contribution in [0.2, 0.25) is 0 Å². The van der Waals surface area contributed by atoms with E-state index in [1.807, 2.05) is 0 Å². The zero-order valence-electron chi connectivity index (χ0n) is 10.7. The number of aryl methyl sites for hydroxylation is 1. The van der Waals surface area contributed by atoms with E-state index in [9.17, 15) is 8.42 Å². The molecule has 1 unspecified atom stereocenters. The molecular formula is C10H17BrN4O2S. The molecule has 1 aromatic heterocycles. The van der Waals surface area contributed by atoms with Crippen LogP contribution >= 0.6 is 15.9 Å². The predicted octanol–water partition coefficient (Wildman–Crippen LogP) is 1.24. The number of hydrogen-bond donors (Lipinski definition) is 0. The maximum Gasteiger partial charge on any atom is 0.263 e. The molecule has 0 saturated carbocycles. The van der Waals surface area contributed by atoms with Crippen LogP contribution in [0.4, 0.5) is 0 Å². The largest absolute Gasteiger partial charge is 0.263 e. The van der Waals surface area contributed by atoms with Gasteiger partial charge in [-0.3, -0.25) is 0 Å². The third kappa shape index (κ3) is 2.33. The Hall–Kier alpha value is -0.470. The number of aromatic nitrogens is 3. The lowest BCUT2D eigenvalue weighted by molar-refractivity contribution is 0.387. The van der Waals surface area contributed by atoms with Crippen LogP contribution in [0.5, 0.6) is 0 Å². The van der Waals surface area contributed by atoms with E-state index in [1.54, 1.807) is 7.05 Å². The highest BCUT2D eigenvalue weighted by molar-refractivity contribution is 9.10. The molecule has 1 saturated heterocycles. The number of nitrogens with zero attached hydrogens (tertiary/aromatic N) is 4. The van der Waals surface area contributed by atoms with E-state index in [0.717, 1.165) is 6.42 Å². The van der Waals surface area contributed by atoms with Gasteiger partial charge in [0, 0.05) is 20.1 Å². The van der Waals surface area contributed by atoms with E-state index in [0.29, 0.717) is 24.9 Å². The van der Waals surface area contributed by atoms with Crippen LogP contribution in [0.1, 0.15) is 20.3 Å². The van der Waals surface area contributed by atoms with Gasteiger partial charge in [0.15, 0.2) is 4.60 Å². The van der Waals surface area contributed by atoms with E-state index in [1.165, 1.54) is 8.99 Å². The van der Waals surface area contributed by atoms with E-state index in [4.69, 9.17) is 0 Å². The van der Waals surface area contributed by atoms with Crippen molar-refractivity contribution in [1.29, 1.82) is 0 Å². The summed E-state index contributed by atoms with van der Waals surface area (Å²) in [5.41, 5.74) is 0. The first-order chi connectivity index (χ1) is 8.34. The van der Waals surface area contributed by atoms with Gasteiger partial charge >= 0.3 is 0 Å². The summed E-state index contributed by atoms with van der Waals surface area (Å²) >= 11 is 3.14. The zero-order chi connectivity index (χ0) is 13.5. The minimum absolute atomic E-state index is 0.131. The second-order valence-electron chi connectivity index (χ2n) is 4.96. The van der Waals surface area contributed by atoms with Crippen molar-refractivity contribution in [2.45, 2.75) is 25.3 Å². The Labute approximate surface area is 116 Å². The Bertz CT molecular complexity index is 521. The quantitative estimate of drug-likeness (QED) is 0.832. The molecular weight excluding hydrogens is 320 g/mol. The molecule has 2 heterocycles. The van der Waals surface area contributed by atoms with Gasteiger partial charge in [-0.05, 0) is 34.2 Å². The van der Waals surface area contributed by atoms with Gasteiger partial charge in [0.2, 0.25) is 5.03 Å². The highest BCUT2D eigenvalue weighted by atomic mass is 79.9. The third-order valence-electron chi connectivity index (χ3n) is 3.45. The number of sulfonamides is 1. The molecule has 1 fully saturated rings. The molecule has 1 atom stereocenters. The summed E-state index contributed by atoms with van der Waals surface area (Å²) < 4.78 is 28.1. The van der Waals surface area contributed by atoms with Crippen molar-refractivity contribution in [3.05, 3.63) is 4.60 Å². The minimum Gasteiger partial charge on any atom is -0.235 e. The monoisotopic (exact) mass is 336 g/mol. The van der Waals surface area contributed by atoms with Gasteiger partial charge in [0.05, 0.1) is 0 Å². The van der Waals surface area contributed by atoms with Gasteiger partial charge in [-0.1, -0.05) is 19.1 Å². The summed E-state index contributed by atoms with van der Waals surface area (Å²) in [6, 6.07) is 0. The second kappa shape index (κ2) is 4.90. The van der Waals surface area contributed by atoms with Crippen molar-refractivity contribution in [2.24, 2.45) is 18.9 Å². The fraction of sp³-hybridized carbons (Fsp3) is 0.800. The third-order valence-corrected chi connectivity index (χ3v) is 6.21. The van der Waals surface area contributed by atoms with Crippen LogP contribution in [0.3, 0.4) is 0 Å². The average molecular weight is 337 g/mol. The zero-order valence-corrected chi connectivity index (χ0v) is 13.1. The van der Waals surface area contributed by atoms with Crippen LogP contribution in [-0.4, -0.2) is 40.8 Å². The molecule has 8 heteroatoms. The Morgan fingerprint density at radius 1 is 1.44 bits per heavy atom. The first kappa shape index (κ1) is 14.0. The van der Waals surface area contributed by atoms with Crippen LogP contribution in [0.25, 0.3) is 0 Å². The number of rotatable bonds is 3. The fourth-order valence-electron chi connectivity index (χ4n) is 2.24. The molecule has 1 aliphatic heterocycles. The highest BCUT2D eigenvalue weighted by Gasteiger charge is 2.36. The Morgan fingerprint density at radius 2 is 2.11 bits per heavy atom. The molecule has 0 N–H and O–H groups in total. The van der Waals surface area contributed by atoms with Crippen molar-refractivity contribution < 1.29 is 8.42 Å². The molecule has 6 nitrogen and oxygen atoms in total. The summed E-state index contributed by atoms with van der Waals surface area (Å²) in [6.07, 6.45) is 0.916. The van der Waals surface area contributed by atoms with Crippen LogP contribution in [0, 0.1) is 11.8 Å². The van der Waals surface area contributed by atoms with Gasteiger partial charge in [-0.2, -0.15) is 4.31 Å². The lowest BCUT2D eigenvalue weighted by Gasteiger charge is -2.17. The average Bonchev–Trinajstić information content (AvgIpc) is 2.85. The van der Waals surface area contributed by atoms with Crippen LogP contribution in [-0.2, 0) is 17.1 Å². The maximum atomic E-state index is 12.5. The van der Waals surface area contributed by atoms with Gasteiger partial charge in [0.25, 0.3) is 10.0 Å². The van der Waals surface area contributed by atoms with Gasteiger partial charge < -0.3 is 0 Å². The molecule has 0 bridgehead atoms. The number of hydrogen-bond acceptors (Lipinski definition) is 4. The Balaban J connectivity index is 2.29. The van der Waals surface area contributed by atoms with Crippen molar-refractivity contribution in [3.8, 4) is 0 Å². The summed E-state index contributed by atoms with van der Waals surface area (Å²) in [4.78, 5) is 0. The minimum atomic E-state index is -3.50. The lowest BCUT2D eigenvalue weighted by Crippen LogP contribution is -2.31. The van der Waals surface area contributed by atoms with Crippen molar-refractivity contribution in [3.63, 3.8) is 0 Å². The highest BCUT2D eigenvalue weighted by Crippen LogP contribution is 2.30. The van der Waals surface area contributed by atoms with E-state index >= 15 is 0 Å². The second-order valence-corrected chi connectivity index (χ2v) is 7.57. The molecule has 18 heavy (non-hydrogen) atoms. The molecule has 0 aromatic carbocycles. The summed E-state index contributed by atoms with van der Waals surface area (Å²) in [5.74, 6) is 0.929. The first-order valence-corrected chi connectivity index (χ1v) is 8.12. The molecule has 0 spiro atoms. The lowest BCUT2D eigenvalue weighted by atomic mass is 9.96. The molecule has 1 aliphatic rings. The van der Waals surface area contributed by atoms with Crippen molar-refractivity contribution in [1.82, 2.24) is 19.3 Å². The molecule has 2 rings (SSSR count). The molecule has 0 aliphatic carbocycles.